The predicted octanol–water partition coefficient (Wildman–Crippen LogP) is 7.96. The van der Waals surface area contributed by atoms with Crippen molar-refractivity contribution in [2.75, 3.05) is 0 Å². The molecule has 0 aliphatic heterocycles. The minimum atomic E-state index is -0.399. The van der Waals surface area contributed by atoms with Gasteiger partial charge in [0.15, 0.2) is 5.75 Å². The Morgan fingerprint density at radius 3 is 2.47 bits per heavy atom. The van der Waals surface area contributed by atoms with Crippen molar-refractivity contribution < 1.29 is 9.13 Å². The number of aromatic amines is 1. The van der Waals surface area contributed by atoms with Crippen LogP contribution < -0.4 is 4.74 Å². The minimum absolute atomic E-state index is 0.142. The average Bonchev–Trinajstić information content (AvgIpc) is 3.15. The van der Waals surface area contributed by atoms with E-state index in [4.69, 9.17) is 51.1 Å². The van der Waals surface area contributed by atoms with E-state index in [-0.39, 0.29) is 28.0 Å². The summed E-state index contributed by atoms with van der Waals surface area (Å²) in [4.78, 5) is 7.28. The SMILES string of the molecule is N#C/C(=C/c1cc(Cl)c(OCc2ccc(Cl)cc2Cl)c(Cl)c1)c1nc2ccc(F)cc2[nH]1. The smallest absolute Gasteiger partial charge is 0.157 e. The average molecular weight is 507 g/mol. The minimum Gasteiger partial charge on any atom is -0.486 e. The van der Waals surface area contributed by atoms with Crippen molar-refractivity contribution >= 4 is 69.1 Å². The van der Waals surface area contributed by atoms with E-state index in [2.05, 4.69) is 16.0 Å². The zero-order valence-electron chi connectivity index (χ0n) is 16.1. The van der Waals surface area contributed by atoms with E-state index >= 15 is 0 Å². The van der Waals surface area contributed by atoms with Gasteiger partial charge >= 0.3 is 0 Å². The molecule has 0 amide bonds. The second-order valence-corrected chi connectivity index (χ2v) is 8.41. The van der Waals surface area contributed by atoms with Gasteiger partial charge in [0, 0.05) is 15.6 Å². The molecule has 0 aliphatic rings. The van der Waals surface area contributed by atoms with E-state index in [1.54, 1.807) is 36.4 Å². The number of benzene rings is 3. The molecular formula is C23H12Cl4FN3O. The lowest BCUT2D eigenvalue weighted by Crippen LogP contribution is -1.98. The Hall–Kier alpha value is -2.75. The van der Waals surface area contributed by atoms with Crippen molar-refractivity contribution in [2.45, 2.75) is 6.61 Å². The summed E-state index contributed by atoms with van der Waals surface area (Å²) in [5.41, 5.74) is 2.56. The first-order chi connectivity index (χ1) is 15.3. The van der Waals surface area contributed by atoms with Crippen LogP contribution in [0.4, 0.5) is 4.39 Å². The van der Waals surface area contributed by atoms with Crippen LogP contribution in [0.15, 0.2) is 48.5 Å². The number of nitrogens with one attached hydrogen (secondary N) is 1. The largest absolute Gasteiger partial charge is 0.486 e. The molecule has 0 saturated heterocycles. The summed E-state index contributed by atoms with van der Waals surface area (Å²) in [5.74, 6) is 0.191. The number of fused-ring (bicyclic) bond motifs is 1. The molecule has 0 radical (unpaired) electrons. The summed E-state index contributed by atoms with van der Waals surface area (Å²) < 4.78 is 19.2. The number of imidazole rings is 1. The fourth-order valence-electron chi connectivity index (χ4n) is 3.02. The van der Waals surface area contributed by atoms with Crippen LogP contribution in [0.1, 0.15) is 17.0 Å². The number of rotatable bonds is 5. The maximum atomic E-state index is 13.4. The molecule has 3 aromatic carbocycles. The lowest BCUT2D eigenvalue weighted by molar-refractivity contribution is 0.306. The van der Waals surface area contributed by atoms with Crippen molar-refractivity contribution in [3.63, 3.8) is 0 Å². The highest BCUT2D eigenvalue weighted by Crippen LogP contribution is 2.36. The first kappa shape index (κ1) is 22.4. The van der Waals surface area contributed by atoms with Crippen molar-refractivity contribution in [3.05, 3.63) is 91.4 Å². The molecule has 0 fully saturated rings. The predicted molar refractivity (Wildman–Crippen MR) is 127 cm³/mol. The Bertz CT molecular complexity index is 1390. The van der Waals surface area contributed by atoms with E-state index in [9.17, 15) is 9.65 Å². The van der Waals surface area contributed by atoms with Crippen molar-refractivity contribution in [2.24, 2.45) is 0 Å². The maximum Gasteiger partial charge on any atom is 0.157 e. The quantitative estimate of drug-likeness (QED) is 0.279. The zero-order valence-corrected chi connectivity index (χ0v) is 19.1. The lowest BCUT2D eigenvalue weighted by Gasteiger charge is -2.12. The molecule has 0 bridgehead atoms. The zero-order chi connectivity index (χ0) is 22.8. The fourth-order valence-corrected chi connectivity index (χ4v) is 4.10. The fraction of sp³-hybridized carbons (Fsp3) is 0.0435. The van der Waals surface area contributed by atoms with Gasteiger partial charge in [0.1, 0.15) is 24.3 Å². The number of hydrogen-bond acceptors (Lipinski definition) is 3. The Morgan fingerprint density at radius 1 is 1.03 bits per heavy atom. The van der Waals surface area contributed by atoms with Crippen LogP contribution in [-0.2, 0) is 6.61 Å². The van der Waals surface area contributed by atoms with Gasteiger partial charge < -0.3 is 9.72 Å². The molecule has 1 N–H and O–H groups in total. The molecule has 0 atom stereocenters. The van der Waals surface area contributed by atoms with Crippen LogP contribution in [-0.4, -0.2) is 9.97 Å². The molecule has 9 heteroatoms. The molecule has 160 valence electrons. The highest BCUT2D eigenvalue weighted by atomic mass is 35.5. The van der Waals surface area contributed by atoms with Crippen LogP contribution in [0.25, 0.3) is 22.7 Å². The van der Waals surface area contributed by atoms with E-state index in [0.29, 0.717) is 32.5 Å². The van der Waals surface area contributed by atoms with E-state index in [1.807, 2.05) is 0 Å². The number of ether oxygens (including phenoxy) is 1. The molecule has 32 heavy (non-hydrogen) atoms. The van der Waals surface area contributed by atoms with Gasteiger partial charge in [-0.1, -0.05) is 52.5 Å². The standard InChI is InChI=1S/C23H12Cl4FN3O/c24-15-2-1-13(17(25)8-15)11-32-22-18(26)6-12(7-19(22)27)5-14(10-29)23-30-20-4-3-16(28)9-21(20)31-23/h1-9H,11H2,(H,30,31)/b14-5-. The third kappa shape index (κ3) is 4.85. The molecule has 4 nitrogen and oxygen atoms in total. The number of nitrogens with zero attached hydrogens (tertiary/aromatic N) is 2. The Balaban J connectivity index is 1.61. The summed E-state index contributed by atoms with van der Waals surface area (Å²) in [6, 6.07) is 14.5. The summed E-state index contributed by atoms with van der Waals surface area (Å²) >= 11 is 24.8. The Kier molecular flexibility index (Phi) is 6.59. The van der Waals surface area contributed by atoms with Gasteiger partial charge in [0.05, 0.1) is 26.7 Å². The molecular weight excluding hydrogens is 495 g/mol. The van der Waals surface area contributed by atoms with Gasteiger partial charge in [-0.2, -0.15) is 5.26 Å². The molecule has 0 aliphatic carbocycles. The van der Waals surface area contributed by atoms with Gasteiger partial charge in [0.25, 0.3) is 0 Å². The van der Waals surface area contributed by atoms with Crippen LogP contribution in [0.2, 0.25) is 20.1 Å². The van der Waals surface area contributed by atoms with Crippen molar-refractivity contribution in [1.29, 1.82) is 5.26 Å². The second kappa shape index (κ2) is 9.40. The van der Waals surface area contributed by atoms with Crippen LogP contribution in [0.3, 0.4) is 0 Å². The number of halogens is 5. The molecule has 4 rings (SSSR count). The van der Waals surface area contributed by atoms with Gasteiger partial charge in [-0.15, -0.1) is 0 Å². The van der Waals surface area contributed by atoms with E-state index in [0.717, 1.165) is 5.56 Å². The first-order valence-electron chi connectivity index (χ1n) is 9.17. The van der Waals surface area contributed by atoms with E-state index in [1.165, 1.54) is 18.2 Å². The highest BCUT2D eigenvalue weighted by molar-refractivity contribution is 6.37. The van der Waals surface area contributed by atoms with Gasteiger partial charge in [0.2, 0.25) is 0 Å². The first-order valence-corrected chi connectivity index (χ1v) is 10.7. The van der Waals surface area contributed by atoms with Gasteiger partial charge in [-0.25, -0.2) is 9.37 Å². The summed E-state index contributed by atoms with van der Waals surface area (Å²) in [7, 11) is 0. The molecule has 1 heterocycles. The highest BCUT2D eigenvalue weighted by Gasteiger charge is 2.13. The lowest BCUT2D eigenvalue weighted by atomic mass is 10.1. The summed E-state index contributed by atoms with van der Waals surface area (Å²) in [6.07, 6.45) is 1.58. The molecule has 4 aromatic rings. The summed E-state index contributed by atoms with van der Waals surface area (Å²) in [5, 5.41) is 11.1. The van der Waals surface area contributed by atoms with Crippen LogP contribution in [0, 0.1) is 17.1 Å². The molecule has 0 saturated carbocycles. The number of allylic oxidation sites excluding steroid dienone is 1. The number of aromatic nitrogens is 2. The topological polar surface area (TPSA) is 61.7 Å². The number of H-pyrrole nitrogens is 1. The Morgan fingerprint density at radius 2 is 1.78 bits per heavy atom. The third-order valence-electron chi connectivity index (χ3n) is 4.54. The normalized spacial score (nSPS) is 11.6. The van der Waals surface area contributed by atoms with E-state index < -0.39 is 5.82 Å². The molecule has 1 aromatic heterocycles. The number of nitriles is 1. The maximum absolute atomic E-state index is 13.4. The van der Waals surface area contributed by atoms with Crippen LogP contribution >= 0.6 is 46.4 Å². The monoisotopic (exact) mass is 505 g/mol. The number of hydrogen-bond donors (Lipinski definition) is 1. The third-order valence-corrected chi connectivity index (χ3v) is 5.69. The van der Waals surface area contributed by atoms with Crippen LogP contribution in [0.5, 0.6) is 5.75 Å². The molecule has 0 unspecified atom stereocenters. The molecule has 0 spiro atoms. The Labute approximate surface area is 202 Å². The summed E-state index contributed by atoms with van der Waals surface area (Å²) in [6.45, 7) is 0.142. The van der Waals surface area contributed by atoms with Crippen molar-refractivity contribution in [1.82, 2.24) is 9.97 Å². The second-order valence-electron chi connectivity index (χ2n) is 6.75. The van der Waals surface area contributed by atoms with Gasteiger partial charge in [-0.05, 0) is 54.1 Å². The van der Waals surface area contributed by atoms with Crippen molar-refractivity contribution in [3.8, 4) is 11.8 Å². The van der Waals surface area contributed by atoms with Gasteiger partial charge in [-0.3, -0.25) is 0 Å².